The van der Waals surface area contributed by atoms with Crippen LogP contribution in [0.4, 0.5) is 18.9 Å². The van der Waals surface area contributed by atoms with Crippen LogP contribution < -0.4 is 16.0 Å². The number of amides is 1. The summed E-state index contributed by atoms with van der Waals surface area (Å²) in [5, 5.41) is 8.30. The molecule has 0 fully saturated rings. The third-order valence-corrected chi connectivity index (χ3v) is 3.30. The first-order valence-electron chi connectivity index (χ1n) is 7.99. The summed E-state index contributed by atoms with van der Waals surface area (Å²) in [7, 11) is 0. The maximum absolute atomic E-state index is 13.6. The smallest absolute Gasteiger partial charge is 0.243 e. The molecular weight excluding hydrogens is 345 g/mol. The molecule has 0 aliphatic rings. The molecule has 1 amide bonds. The zero-order chi connectivity index (χ0) is 18.9. The molecule has 0 aromatic heterocycles. The highest BCUT2D eigenvalue weighted by Crippen LogP contribution is 2.10. The van der Waals surface area contributed by atoms with Crippen molar-refractivity contribution in [2.24, 2.45) is 4.99 Å². The third kappa shape index (κ3) is 6.12. The molecule has 138 valence electrons. The first-order chi connectivity index (χ1) is 12.5. The number of carbonyl (C=O) groups excluding carboxylic acids is 1. The lowest BCUT2D eigenvalue weighted by molar-refractivity contribution is -0.115. The summed E-state index contributed by atoms with van der Waals surface area (Å²) >= 11 is 0. The second-order valence-electron chi connectivity index (χ2n) is 5.34. The number of carbonyl (C=O) groups is 1. The fourth-order valence-corrected chi connectivity index (χ4v) is 2.07. The van der Waals surface area contributed by atoms with Crippen molar-refractivity contribution in [3.05, 3.63) is 65.5 Å². The highest BCUT2D eigenvalue weighted by molar-refractivity contribution is 5.94. The van der Waals surface area contributed by atoms with Crippen LogP contribution in [-0.4, -0.2) is 25.0 Å². The van der Waals surface area contributed by atoms with E-state index in [2.05, 4.69) is 20.9 Å². The first kappa shape index (κ1) is 19.3. The van der Waals surface area contributed by atoms with Gasteiger partial charge in [0, 0.05) is 17.8 Å². The number of halogens is 3. The number of nitrogens with one attached hydrogen (secondary N) is 3. The lowest BCUT2D eigenvalue weighted by Gasteiger charge is -2.12. The topological polar surface area (TPSA) is 65.5 Å². The van der Waals surface area contributed by atoms with Crippen molar-refractivity contribution >= 4 is 17.6 Å². The number of hydrogen-bond donors (Lipinski definition) is 3. The zero-order valence-electron chi connectivity index (χ0n) is 14.2. The molecule has 0 atom stereocenters. The predicted octanol–water partition coefficient (Wildman–Crippen LogP) is 2.80. The summed E-state index contributed by atoms with van der Waals surface area (Å²) < 4.78 is 39.6. The highest BCUT2D eigenvalue weighted by atomic mass is 19.1. The van der Waals surface area contributed by atoms with E-state index in [0.717, 1.165) is 18.2 Å². The first-order valence-corrected chi connectivity index (χ1v) is 7.99. The van der Waals surface area contributed by atoms with Gasteiger partial charge in [0.1, 0.15) is 17.5 Å². The Balaban J connectivity index is 1.93. The van der Waals surface area contributed by atoms with Gasteiger partial charge in [-0.15, -0.1) is 0 Å². The van der Waals surface area contributed by atoms with Gasteiger partial charge < -0.3 is 16.0 Å². The maximum Gasteiger partial charge on any atom is 0.243 e. The van der Waals surface area contributed by atoms with E-state index in [1.54, 1.807) is 0 Å². The number of benzene rings is 2. The molecule has 0 saturated carbocycles. The molecule has 0 bridgehead atoms. The average molecular weight is 364 g/mol. The normalized spacial score (nSPS) is 11.2. The van der Waals surface area contributed by atoms with Crippen LogP contribution in [0.1, 0.15) is 12.5 Å². The molecule has 2 rings (SSSR count). The molecule has 0 heterocycles. The van der Waals surface area contributed by atoms with Gasteiger partial charge >= 0.3 is 0 Å². The SMILES string of the molecule is CCNC(=NCc1cc(F)ccc1F)NCC(=O)Nc1ccc(F)cc1. The molecule has 2 aromatic rings. The Bertz CT molecular complexity index is 779. The van der Waals surface area contributed by atoms with E-state index >= 15 is 0 Å². The second kappa shape index (κ2) is 9.45. The van der Waals surface area contributed by atoms with Gasteiger partial charge in [0.2, 0.25) is 5.91 Å². The quantitative estimate of drug-likeness (QED) is 0.546. The minimum atomic E-state index is -0.556. The third-order valence-electron chi connectivity index (χ3n) is 3.30. The van der Waals surface area contributed by atoms with Gasteiger partial charge in [0.25, 0.3) is 0 Å². The van der Waals surface area contributed by atoms with E-state index < -0.39 is 17.5 Å². The summed E-state index contributed by atoms with van der Waals surface area (Å²) in [6, 6.07) is 8.51. The van der Waals surface area contributed by atoms with Gasteiger partial charge in [-0.05, 0) is 49.4 Å². The Morgan fingerprint density at radius 1 is 1.00 bits per heavy atom. The molecule has 0 aliphatic carbocycles. The summed E-state index contributed by atoms with van der Waals surface area (Å²) in [5.41, 5.74) is 0.569. The van der Waals surface area contributed by atoms with Crippen LogP contribution in [0.25, 0.3) is 0 Å². The summed E-state index contributed by atoms with van der Waals surface area (Å²) in [5.74, 6) is -1.58. The van der Waals surface area contributed by atoms with Crippen LogP contribution >= 0.6 is 0 Å². The number of rotatable bonds is 6. The zero-order valence-corrected chi connectivity index (χ0v) is 14.2. The van der Waals surface area contributed by atoms with Crippen molar-refractivity contribution in [3.63, 3.8) is 0 Å². The van der Waals surface area contributed by atoms with Gasteiger partial charge in [0.05, 0.1) is 13.1 Å². The Labute approximate surface area is 149 Å². The van der Waals surface area contributed by atoms with Crippen molar-refractivity contribution < 1.29 is 18.0 Å². The van der Waals surface area contributed by atoms with Crippen LogP contribution in [-0.2, 0) is 11.3 Å². The summed E-state index contributed by atoms with van der Waals surface area (Å²) in [6.45, 7) is 2.17. The van der Waals surface area contributed by atoms with E-state index in [0.29, 0.717) is 12.2 Å². The van der Waals surface area contributed by atoms with E-state index in [4.69, 9.17) is 0 Å². The molecule has 5 nitrogen and oxygen atoms in total. The molecule has 0 saturated heterocycles. The summed E-state index contributed by atoms with van der Waals surface area (Å²) in [4.78, 5) is 16.1. The monoisotopic (exact) mass is 364 g/mol. The fraction of sp³-hybridized carbons (Fsp3) is 0.222. The van der Waals surface area contributed by atoms with Crippen molar-refractivity contribution in [2.45, 2.75) is 13.5 Å². The number of hydrogen-bond acceptors (Lipinski definition) is 2. The lowest BCUT2D eigenvalue weighted by atomic mass is 10.2. The Hall–Kier alpha value is -3.03. The number of nitrogens with zero attached hydrogens (tertiary/aromatic N) is 1. The Morgan fingerprint density at radius 3 is 2.38 bits per heavy atom. The van der Waals surface area contributed by atoms with E-state index in [-0.39, 0.29) is 30.5 Å². The molecule has 0 spiro atoms. The molecule has 26 heavy (non-hydrogen) atoms. The van der Waals surface area contributed by atoms with Crippen molar-refractivity contribution in [1.29, 1.82) is 0 Å². The molecular formula is C18H19F3N4O. The highest BCUT2D eigenvalue weighted by Gasteiger charge is 2.07. The van der Waals surface area contributed by atoms with Gasteiger partial charge in [-0.25, -0.2) is 18.2 Å². The molecule has 3 N–H and O–H groups in total. The minimum Gasteiger partial charge on any atom is -0.357 e. The van der Waals surface area contributed by atoms with Crippen molar-refractivity contribution in [2.75, 3.05) is 18.4 Å². The van der Waals surface area contributed by atoms with Gasteiger partial charge in [0.15, 0.2) is 5.96 Å². The minimum absolute atomic E-state index is 0.0848. The Kier molecular flexibility index (Phi) is 7.02. The molecule has 2 aromatic carbocycles. The Morgan fingerprint density at radius 2 is 1.69 bits per heavy atom. The maximum atomic E-state index is 13.6. The standard InChI is InChI=1S/C18H19F3N4O/c1-2-22-18(23-10-12-9-14(20)5-8-16(12)21)24-11-17(26)25-15-6-3-13(19)4-7-15/h3-9H,2,10-11H2,1H3,(H,25,26)(H2,22,23,24). The van der Waals surface area contributed by atoms with Gasteiger partial charge in [-0.3, -0.25) is 4.79 Å². The second-order valence-corrected chi connectivity index (χ2v) is 5.34. The average Bonchev–Trinajstić information content (AvgIpc) is 2.62. The van der Waals surface area contributed by atoms with E-state index in [1.807, 2.05) is 6.92 Å². The number of guanidine groups is 1. The van der Waals surface area contributed by atoms with Crippen molar-refractivity contribution in [3.8, 4) is 0 Å². The molecule has 0 aliphatic heterocycles. The fourth-order valence-electron chi connectivity index (χ4n) is 2.07. The largest absolute Gasteiger partial charge is 0.357 e. The van der Waals surface area contributed by atoms with Crippen LogP contribution in [0.2, 0.25) is 0 Å². The summed E-state index contributed by atoms with van der Waals surface area (Å²) in [6.07, 6.45) is 0. The van der Waals surface area contributed by atoms with Crippen LogP contribution in [0.15, 0.2) is 47.5 Å². The van der Waals surface area contributed by atoms with Gasteiger partial charge in [-0.2, -0.15) is 0 Å². The van der Waals surface area contributed by atoms with Crippen LogP contribution in [0.3, 0.4) is 0 Å². The number of aliphatic imine (C=N–C) groups is 1. The molecule has 0 unspecified atom stereocenters. The van der Waals surface area contributed by atoms with Crippen LogP contribution in [0.5, 0.6) is 0 Å². The lowest BCUT2D eigenvalue weighted by Crippen LogP contribution is -2.41. The number of anilines is 1. The molecule has 8 heteroatoms. The van der Waals surface area contributed by atoms with Crippen LogP contribution in [0, 0.1) is 17.5 Å². The van der Waals surface area contributed by atoms with E-state index in [1.165, 1.54) is 24.3 Å². The molecule has 0 radical (unpaired) electrons. The predicted molar refractivity (Wildman–Crippen MR) is 94.2 cm³/mol. The van der Waals surface area contributed by atoms with Gasteiger partial charge in [-0.1, -0.05) is 0 Å². The van der Waals surface area contributed by atoms with E-state index in [9.17, 15) is 18.0 Å². The van der Waals surface area contributed by atoms with Crippen molar-refractivity contribution in [1.82, 2.24) is 10.6 Å².